The second-order valence-corrected chi connectivity index (χ2v) is 6.56. The SMILES string of the molecule is O=C1NCCC(c2ccc(Oc3ccccc3)cc2)C1c1ccccc1. The molecule has 1 amide bonds. The van der Waals surface area contributed by atoms with Crippen LogP contribution in [0.4, 0.5) is 0 Å². The van der Waals surface area contributed by atoms with Gasteiger partial charge in [-0.15, -0.1) is 0 Å². The van der Waals surface area contributed by atoms with E-state index in [1.807, 2.05) is 72.8 Å². The number of carbonyl (C=O) groups excluding carboxylic acids is 1. The number of hydrogen-bond acceptors (Lipinski definition) is 2. The predicted molar refractivity (Wildman–Crippen MR) is 103 cm³/mol. The lowest BCUT2D eigenvalue weighted by molar-refractivity contribution is -0.124. The van der Waals surface area contributed by atoms with Gasteiger partial charge in [-0.25, -0.2) is 0 Å². The molecular formula is C23H21NO2. The van der Waals surface area contributed by atoms with Gasteiger partial charge in [0.05, 0.1) is 5.92 Å². The molecule has 3 aromatic rings. The van der Waals surface area contributed by atoms with E-state index in [1.54, 1.807) is 0 Å². The number of hydrogen-bond donors (Lipinski definition) is 1. The van der Waals surface area contributed by atoms with Crippen LogP contribution in [0.3, 0.4) is 0 Å². The Labute approximate surface area is 153 Å². The third-order valence-electron chi connectivity index (χ3n) is 4.89. The Morgan fingerprint density at radius 1 is 0.731 bits per heavy atom. The highest BCUT2D eigenvalue weighted by atomic mass is 16.5. The Balaban J connectivity index is 1.58. The van der Waals surface area contributed by atoms with Crippen LogP contribution in [0.15, 0.2) is 84.9 Å². The minimum atomic E-state index is -0.147. The van der Waals surface area contributed by atoms with E-state index in [0.29, 0.717) is 0 Å². The van der Waals surface area contributed by atoms with Crippen molar-refractivity contribution in [1.82, 2.24) is 5.32 Å². The summed E-state index contributed by atoms with van der Waals surface area (Å²) in [6.45, 7) is 0.717. The van der Waals surface area contributed by atoms with E-state index in [1.165, 1.54) is 5.56 Å². The summed E-state index contributed by atoms with van der Waals surface area (Å²) in [5.74, 6) is 1.76. The molecule has 130 valence electrons. The van der Waals surface area contributed by atoms with E-state index < -0.39 is 0 Å². The van der Waals surface area contributed by atoms with Gasteiger partial charge in [0, 0.05) is 12.5 Å². The molecular weight excluding hydrogens is 322 g/mol. The van der Waals surface area contributed by atoms with Crippen molar-refractivity contribution in [3.63, 3.8) is 0 Å². The molecule has 2 unspecified atom stereocenters. The van der Waals surface area contributed by atoms with Crippen LogP contribution >= 0.6 is 0 Å². The number of piperidine rings is 1. The van der Waals surface area contributed by atoms with Crippen molar-refractivity contribution >= 4 is 5.91 Å². The summed E-state index contributed by atoms with van der Waals surface area (Å²) in [6, 6.07) is 27.9. The van der Waals surface area contributed by atoms with Crippen molar-refractivity contribution in [3.8, 4) is 11.5 Å². The van der Waals surface area contributed by atoms with Crippen LogP contribution in [0.25, 0.3) is 0 Å². The molecule has 0 bridgehead atoms. The summed E-state index contributed by atoms with van der Waals surface area (Å²) >= 11 is 0. The van der Waals surface area contributed by atoms with Crippen molar-refractivity contribution in [2.75, 3.05) is 6.54 Å². The van der Waals surface area contributed by atoms with E-state index in [0.717, 1.165) is 30.0 Å². The summed E-state index contributed by atoms with van der Waals surface area (Å²) in [6.07, 6.45) is 0.935. The van der Waals surface area contributed by atoms with Crippen molar-refractivity contribution in [3.05, 3.63) is 96.1 Å². The van der Waals surface area contributed by atoms with Gasteiger partial charge in [0.25, 0.3) is 0 Å². The maximum Gasteiger partial charge on any atom is 0.228 e. The first-order chi connectivity index (χ1) is 12.8. The van der Waals surface area contributed by atoms with Gasteiger partial charge >= 0.3 is 0 Å². The molecule has 0 radical (unpaired) electrons. The molecule has 0 aromatic heterocycles. The fourth-order valence-corrected chi connectivity index (χ4v) is 3.62. The van der Waals surface area contributed by atoms with E-state index in [-0.39, 0.29) is 17.7 Å². The minimum Gasteiger partial charge on any atom is -0.457 e. The third-order valence-corrected chi connectivity index (χ3v) is 4.89. The van der Waals surface area contributed by atoms with Gasteiger partial charge in [-0.3, -0.25) is 4.79 Å². The highest BCUT2D eigenvalue weighted by Crippen LogP contribution is 2.38. The zero-order valence-corrected chi connectivity index (χ0v) is 14.5. The number of rotatable bonds is 4. The number of para-hydroxylation sites is 1. The molecule has 3 heteroatoms. The van der Waals surface area contributed by atoms with Crippen LogP contribution in [0, 0.1) is 0 Å². The number of nitrogens with one attached hydrogen (secondary N) is 1. The third kappa shape index (κ3) is 3.47. The Kier molecular flexibility index (Phi) is 4.69. The maximum atomic E-state index is 12.6. The standard InChI is InChI=1S/C23H21NO2/c25-23-22(18-7-3-1-4-8-18)21(15-16-24-23)17-11-13-20(14-12-17)26-19-9-5-2-6-10-19/h1-14,21-22H,15-16H2,(H,24,25). The highest BCUT2D eigenvalue weighted by molar-refractivity contribution is 5.85. The number of ether oxygens (including phenoxy) is 1. The molecule has 26 heavy (non-hydrogen) atoms. The molecule has 1 heterocycles. The highest BCUT2D eigenvalue weighted by Gasteiger charge is 2.34. The molecule has 0 spiro atoms. The maximum absolute atomic E-state index is 12.6. The smallest absolute Gasteiger partial charge is 0.228 e. The summed E-state index contributed by atoms with van der Waals surface area (Å²) in [5.41, 5.74) is 2.24. The molecule has 0 aliphatic carbocycles. The van der Waals surface area contributed by atoms with Gasteiger partial charge in [-0.05, 0) is 41.8 Å². The van der Waals surface area contributed by atoms with Crippen molar-refractivity contribution in [2.45, 2.75) is 18.3 Å². The Morgan fingerprint density at radius 3 is 2.04 bits per heavy atom. The fourth-order valence-electron chi connectivity index (χ4n) is 3.62. The van der Waals surface area contributed by atoms with Gasteiger partial charge in [0.1, 0.15) is 11.5 Å². The zero-order valence-electron chi connectivity index (χ0n) is 14.5. The molecule has 1 fully saturated rings. The quantitative estimate of drug-likeness (QED) is 0.734. The second kappa shape index (κ2) is 7.44. The Bertz CT molecular complexity index is 860. The molecule has 1 saturated heterocycles. The van der Waals surface area contributed by atoms with Crippen LogP contribution < -0.4 is 10.1 Å². The largest absolute Gasteiger partial charge is 0.457 e. The fraction of sp³-hybridized carbons (Fsp3) is 0.174. The first-order valence-electron chi connectivity index (χ1n) is 8.97. The minimum absolute atomic E-state index is 0.108. The first-order valence-corrected chi connectivity index (χ1v) is 8.97. The van der Waals surface area contributed by atoms with E-state index >= 15 is 0 Å². The van der Waals surface area contributed by atoms with Gasteiger partial charge in [0.15, 0.2) is 0 Å². The lowest BCUT2D eigenvalue weighted by atomic mass is 9.77. The zero-order chi connectivity index (χ0) is 17.8. The normalized spacial score (nSPS) is 19.6. The lowest BCUT2D eigenvalue weighted by Crippen LogP contribution is -2.39. The molecule has 3 nitrogen and oxygen atoms in total. The van der Waals surface area contributed by atoms with Crippen LogP contribution in [0.1, 0.15) is 29.4 Å². The number of carbonyl (C=O) groups is 1. The Hall–Kier alpha value is -3.07. The number of amides is 1. The van der Waals surface area contributed by atoms with Crippen LogP contribution in [0.2, 0.25) is 0 Å². The average molecular weight is 343 g/mol. The molecule has 4 rings (SSSR count). The van der Waals surface area contributed by atoms with Crippen molar-refractivity contribution in [1.29, 1.82) is 0 Å². The van der Waals surface area contributed by atoms with Crippen LogP contribution in [-0.2, 0) is 4.79 Å². The first kappa shape index (κ1) is 16.4. The molecule has 0 saturated carbocycles. The summed E-state index contributed by atoms with van der Waals surface area (Å²) in [7, 11) is 0. The summed E-state index contributed by atoms with van der Waals surface area (Å²) in [5, 5.41) is 3.01. The topological polar surface area (TPSA) is 38.3 Å². The van der Waals surface area contributed by atoms with Crippen molar-refractivity contribution < 1.29 is 9.53 Å². The second-order valence-electron chi connectivity index (χ2n) is 6.56. The molecule has 1 N–H and O–H groups in total. The summed E-state index contributed by atoms with van der Waals surface area (Å²) < 4.78 is 5.87. The molecule has 1 aliphatic rings. The van der Waals surface area contributed by atoms with Crippen LogP contribution in [0.5, 0.6) is 11.5 Å². The van der Waals surface area contributed by atoms with Crippen molar-refractivity contribution in [2.24, 2.45) is 0 Å². The lowest BCUT2D eigenvalue weighted by Gasteiger charge is -2.32. The van der Waals surface area contributed by atoms with Gasteiger partial charge < -0.3 is 10.1 Å². The number of benzene rings is 3. The predicted octanol–water partition coefficient (Wildman–Crippen LogP) is 4.87. The molecule has 3 aromatic carbocycles. The Morgan fingerprint density at radius 2 is 1.35 bits per heavy atom. The van der Waals surface area contributed by atoms with Gasteiger partial charge in [0.2, 0.25) is 5.91 Å². The van der Waals surface area contributed by atoms with Gasteiger partial charge in [-0.1, -0.05) is 60.7 Å². The molecule has 1 aliphatic heterocycles. The van der Waals surface area contributed by atoms with E-state index in [2.05, 4.69) is 17.4 Å². The summed E-state index contributed by atoms with van der Waals surface area (Å²) in [4.78, 5) is 12.6. The van der Waals surface area contributed by atoms with E-state index in [4.69, 9.17) is 4.74 Å². The average Bonchev–Trinajstić information content (AvgIpc) is 2.70. The molecule has 2 atom stereocenters. The van der Waals surface area contributed by atoms with Gasteiger partial charge in [-0.2, -0.15) is 0 Å². The monoisotopic (exact) mass is 343 g/mol. The van der Waals surface area contributed by atoms with E-state index in [9.17, 15) is 4.79 Å². The van der Waals surface area contributed by atoms with Crippen LogP contribution in [-0.4, -0.2) is 12.5 Å².